The summed E-state index contributed by atoms with van der Waals surface area (Å²) in [6.45, 7) is 3.19. The fraction of sp³-hybridized carbons (Fsp3) is 0.190. The first-order valence-electron chi connectivity index (χ1n) is 9.46. The van der Waals surface area contributed by atoms with Crippen LogP contribution >= 0.6 is 0 Å². The standard InChI is InChI=1S/C21H19N7O/c1-2-7-22-17(3-1)16-6-8-23-18-14-25-21(27-20(16)18)26-15-4-5-19(24-13-15)28-9-11-29-12-10-28/h1-8,13-14H,9-12H2,(H,25,26,27). The number of anilines is 3. The van der Waals surface area contributed by atoms with E-state index in [2.05, 4.69) is 35.1 Å². The molecule has 0 amide bonds. The number of nitrogens with one attached hydrogen (secondary N) is 1. The van der Waals surface area contributed by atoms with Crippen molar-refractivity contribution in [3.05, 3.63) is 61.2 Å². The van der Waals surface area contributed by atoms with E-state index >= 15 is 0 Å². The molecule has 4 aromatic rings. The van der Waals surface area contributed by atoms with Gasteiger partial charge in [0.05, 0.1) is 37.0 Å². The van der Waals surface area contributed by atoms with E-state index in [1.165, 1.54) is 0 Å². The first-order chi connectivity index (χ1) is 14.4. The molecule has 1 N–H and O–H groups in total. The van der Waals surface area contributed by atoms with Crippen molar-refractivity contribution < 1.29 is 4.74 Å². The minimum Gasteiger partial charge on any atom is -0.378 e. The number of hydrogen-bond acceptors (Lipinski definition) is 8. The Labute approximate surface area is 167 Å². The third-order valence-electron chi connectivity index (χ3n) is 4.76. The largest absolute Gasteiger partial charge is 0.378 e. The molecule has 0 saturated carbocycles. The first-order valence-corrected chi connectivity index (χ1v) is 9.46. The summed E-state index contributed by atoms with van der Waals surface area (Å²) in [5.41, 5.74) is 4.06. The number of fused-ring (bicyclic) bond motifs is 1. The van der Waals surface area contributed by atoms with E-state index in [9.17, 15) is 0 Å². The van der Waals surface area contributed by atoms with Crippen molar-refractivity contribution in [3.63, 3.8) is 0 Å². The monoisotopic (exact) mass is 385 g/mol. The van der Waals surface area contributed by atoms with E-state index in [0.29, 0.717) is 5.95 Å². The number of aromatic nitrogens is 5. The molecule has 144 valence electrons. The Morgan fingerprint density at radius 2 is 1.79 bits per heavy atom. The zero-order valence-corrected chi connectivity index (χ0v) is 15.7. The van der Waals surface area contributed by atoms with Crippen molar-refractivity contribution in [1.82, 2.24) is 24.9 Å². The van der Waals surface area contributed by atoms with Crippen LogP contribution in [0, 0.1) is 0 Å². The maximum atomic E-state index is 5.39. The molecule has 0 aliphatic carbocycles. The van der Waals surface area contributed by atoms with E-state index in [1.54, 1.807) is 24.8 Å². The van der Waals surface area contributed by atoms with Crippen LogP contribution in [0.4, 0.5) is 17.5 Å². The number of ether oxygens (including phenoxy) is 1. The quantitative estimate of drug-likeness (QED) is 0.573. The van der Waals surface area contributed by atoms with Crippen LogP contribution in [0.15, 0.2) is 61.2 Å². The summed E-state index contributed by atoms with van der Waals surface area (Å²) in [4.78, 5) is 24.6. The molecular formula is C21H19N7O. The van der Waals surface area contributed by atoms with Gasteiger partial charge in [-0.25, -0.2) is 15.0 Å². The maximum absolute atomic E-state index is 5.39. The smallest absolute Gasteiger partial charge is 0.227 e. The SMILES string of the molecule is c1ccc(-c2ccnc3cnc(Nc4ccc(N5CCOCC5)nc4)nc23)nc1. The van der Waals surface area contributed by atoms with Crippen LogP contribution in [0.2, 0.25) is 0 Å². The predicted octanol–water partition coefficient (Wildman–Crippen LogP) is 3.06. The first kappa shape index (κ1) is 17.4. The van der Waals surface area contributed by atoms with Gasteiger partial charge in [0.15, 0.2) is 0 Å². The van der Waals surface area contributed by atoms with Crippen LogP contribution < -0.4 is 10.2 Å². The fourth-order valence-corrected chi connectivity index (χ4v) is 3.30. The lowest BCUT2D eigenvalue weighted by atomic mass is 10.1. The van der Waals surface area contributed by atoms with Crippen LogP contribution in [0.1, 0.15) is 0 Å². The van der Waals surface area contributed by atoms with Crippen molar-refractivity contribution in [2.75, 3.05) is 36.5 Å². The Kier molecular flexibility index (Phi) is 4.67. The molecule has 0 bridgehead atoms. The fourth-order valence-electron chi connectivity index (χ4n) is 3.30. The van der Waals surface area contributed by atoms with Gasteiger partial charge in [-0.05, 0) is 30.3 Å². The topological polar surface area (TPSA) is 89.0 Å². The molecule has 0 aromatic carbocycles. The molecule has 1 fully saturated rings. The summed E-state index contributed by atoms with van der Waals surface area (Å²) < 4.78 is 5.39. The van der Waals surface area contributed by atoms with Crippen molar-refractivity contribution in [2.45, 2.75) is 0 Å². The van der Waals surface area contributed by atoms with Gasteiger partial charge in [0.25, 0.3) is 0 Å². The molecule has 29 heavy (non-hydrogen) atoms. The van der Waals surface area contributed by atoms with Gasteiger partial charge in [-0.2, -0.15) is 0 Å². The molecule has 8 heteroatoms. The highest BCUT2D eigenvalue weighted by atomic mass is 16.5. The van der Waals surface area contributed by atoms with Gasteiger partial charge in [0, 0.05) is 31.0 Å². The van der Waals surface area contributed by atoms with E-state index in [4.69, 9.17) is 4.74 Å². The van der Waals surface area contributed by atoms with E-state index in [0.717, 1.165) is 60.1 Å². The Bertz CT molecular complexity index is 1110. The number of morpholine rings is 1. The Balaban J connectivity index is 1.42. The zero-order chi connectivity index (χ0) is 19.5. The molecular weight excluding hydrogens is 366 g/mol. The molecule has 1 aliphatic heterocycles. The number of hydrogen-bond donors (Lipinski definition) is 1. The van der Waals surface area contributed by atoms with Crippen molar-refractivity contribution in [3.8, 4) is 11.3 Å². The second-order valence-electron chi connectivity index (χ2n) is 6.63. The van der Waals surface area contributed by atoms with Gasteiger partial charge in [-0.3, -0.25) is 9.97 Å². The van der Waals surface area contributed by atoms with E-state index < -0.39 is 0 Å². The predicted molar refractivity (Wildman–Crippen MR) is 111 cm³/mol. The second-order valence-corrected chi connectivity index (χ2v) is 6.63. The summed E-state index contributed by atoms with van der Waals surface area (Å²) in [5.74, 6) is 1.43. The summed E-state index contributed by atoms with van der Waals surface area (Å²) in [6.07, 6.45) is 7.02. The van der Waals surface area contributed by atoms with Crippen LogP contribution in [-0.4, -0.2) is 51.2 Å². The molecule has 0 radical (unpaired) electrons. The van der Waals surface area contributed by atoms with Crippen molar-refractivity contribution in [1.29, 1.82) is 0 Å². The minimum absolute atomic E-state index is 0.489. The highest BCUT2D eigenvalue weighted by Crippen LogP contribution is 2.25. The molecule has 8 nitrogen and oxygen atoms in total. The number of pyridine rings is 3. The lowest BCUT2D eigenvalue weighted by Crippen LogP contribution is -2.36. The average molecular weight is 385 g/mol. The molecule has 4 aromatic heterocycles. The minimum atomic E-state index is 0.489. The maximum Gasteiger partial charge on any atom is 0.227 e. The summed E-state index contributed by atoms with van der Waals surface area (Å²) in [7, 11) is 0. The van der Waals surface area contributed by atoms with Gasteiger partial charge in [-0.15, -0.1) is 0 Å². The van der Waals surface area contributed by atoms with Crippen LogP contribution in [0.3, 0.4) is 0 Å². The summed E-state index contributed by atoms with van der Waals surface area (Å²) >= 11 is 0. The van der Waals surface area contributed by atoms with Crippen molar-refractivity contribution >= 4 is 28.5 Å². The Morgan fingerprint density at radius 3 is 2.59 bits per heavy atom. The molecule has 1 aliphatic rings. The van der Waals surface area contributed by atoms with Gasteiger partial charge >= 0.3 is 0 Å². The lowest BCUT2D eigenvalue weighted by Gasteiger charge is -2.27. The molecule has 5 heterocycles. The summed E-state index contributed by atoms with van der Waals surface area (Å²) in [5, 5.41) is 3.23. The highest BCUT2D eigenvalue weighted by Gasteiger charge is 2.13. The number of nitrogens with zero attached hydrogens (tertiary/aromatic N) is 6. The second kappa shape index (κ2) is 7.76. The summed E-state index contributed by atoms with van der Waals surface area (Å²) in [6, 6.07) is 11.7. The third-order valence-corrected chi connectivity index (χ3v) is 4.76. The molecule has 0 spiro atoms. The van der Waals surface area contributed by atoms with Gasteiger partial charge in [-0.1, -0.05) is 6.07 Å². The Hall–Kier alpha value is -3.65. The molecule has 5 rings (SSSR count). The van der Waals surface area contributed by atoms with Gasteiger partial charge in [0.2, 0.25) is 5.95 Å². The normalized spacial score (nSPS) is 14.1. The van der Waals surface area contributed by atoms with Crippen LogP contribution in [0.5, 0.6) is 0 Å². The Morgan fingerprint density at radius 1 is 0.862 bits per heavy atom. The third kappa shape index (κ3) is 3.70. The van der Waals surface area contributed by atoms with E-state index in [-0.39, 0.29) is 0 Å². The average Bonchev–Trinajstić information content (AvgIpc) is 2.80. The number of rotatable bonds is 4. The van der Waals surface area contributed by atoms with Crippen LogP contribution in [0.25, 0.3) is 22.3 Å². The molecule has 0 atom stereocenters. The van der Waals surface area contributed by atoms with Crippen molar-refractivity contribution in [2.24, 2.45) is 0 Å². The van der Waals surface area contributed by atoms with Crippen LogP contribution in [-0.2, 0) is 4.74 Å². The molecule has 1 saturated heterocycles. The zero-order valence-electron chi connectivity index (χ0n) is 15.7. The van der Waals surface area contributed by atoms with E-state index in [1.807, 2.05) is 36.4 Å². The highest BCUT2D eigenvalue weighted by molar-refractivity contribution is 5.90. The lowest BCUT2D eigenvalue weighted by molar-refractivity contribution is 0.122. The van der Waals surface area contributed by atoms with Gasteiger partial charge in [0.1, 0.15) is 16.9 Å². The molecule has 0 unspecified atom stereocenters. The van der Waals surface area contributed by atoms with Gasteiger partial charge < -0.3 is 15.0 Å².